The van der Waals surface area contributed by atoms with Crippen molar-refractivity contribution in [2.75, 3.05) is 6.79 Å². The van der Waals surface area contributed by atoms with Crippen LogP contribution in [-0.4, -0.2) is 27.5 Å². The molecule has 0 radical (unpaired) electrons. The summed E-state index contributed by atoms with van der Waals surface area (Å²) < 4.78 is 12.4. The zero-order chi connectivity index (χ0) is 21.5. The molecule has 0 saturated heterocycles. The van der Waals surface area contributed by atoms with Crippen LogP contribution in [0.4, 0.5) is 0 Å². The molecule has 0 saturated carbocycles. The molecule has 2 aromatic carbocycles. The van der Waals surface area contributed by atoms with Gasteiger partial charge < -0.3 is 14.8 Å². The molecule has 0 atom stereocenters. The molecule has 3 heterocycles. The Hall–Kier alpha value is -3.58. The van der Waals surface area contributed by atoms with Gasteiger partial charge in [0.15, 0.2) is 17.1 Å². The molecule has 31 heavy (non-hydrogen) atoms. The van der Waals surface area contributed by atoms with Crippen LogP contribution in [0.25, 0.3) is 16.7 Å². The third-order valence-corrected chi connectivity index (χ3v) is 5.48. The Labute approximate surface area is 183 Å². The lowest BCUT2D eigenvalue weighted by Gasteiger charge is -2.09. The molecular formula is C23H19ClN4O3. The number of fused-ring (bicyclic) bond motifs is 2. The van der Waals surface area contributed by atoms with Crippen molar-refractivity contribution in [2.45, 2.75) is 20.4 Å². The highest BCUT2D eigenvalue weighted by Gasteiger charge is 2.21. The molecule has 7 nitrogen and oxygen atoms in total. The van der Waals surface area contributed by atoms with Gasteiger partial charge in [0, 0.05) is 12.2 Å². The monoisotopic (exact) mass is 434 g/mol. The van der Waals surface area contributed by atoms with Crippen LogP contribution in [0.15, 0.2) is 48.5 Å². The third-order valence-electron chi connectivity index (χ3n) is 5.16. The average Bonchev–Trinajstić information content (AvgIpc) is 3.35. The minimum absolute atomic E-state index is 0.199. The number of nitrogens with one attached hydrogen (secondary N) is 1. The normalized spacial score (nSPS) is 12.4. The first kappa shape index (κ1) is 19.4. The van der Waals surface area contributed by atoms with Crippen LogP contribution in [0.2, 0.25) is 5.02 Å². The summed E-state index contributed by atoms with van der Waals surface area (Å²) in [6.07, 6.45) is 0. The van der Waals surface area contributed by atoms with Gasteiger partial charge in [-0.15, -0.1) is 0 Å². The van der Waals surface area contributed by atoms with Crippen molar-refractivity contribution in [3.05, 3.63) is 76.1 Å². The van der Waals surface area contributed by atoms with E-state index in [4.69, 9.17) is 21.1 Å². The Morgan fingerprint density at radius 1 is 1.13 bits per heavy atom. The summed E-state index contributed by atoms with van der Waals surface area (Å²) >= 11 is 6.38. The molecule has 5 rings (SSSR count). The molecule has 0 spiro atoms. The molecule has 1 amide bonds. The van der Waals surface area contributed by atoms with Gasteiger partial charge in [0.2, 0.25) is 6.79 Å². The average molecular weight is 435 g/mol. The molecule has 1 aliphatic heterocycles. The first-order chi connectivity index (χ1) is 15.0. The fourth-order valence-electron chi connectivity index (χ4n) is 3.71. The minimum Gasteiger partial charge on any atom is -0.454 e. The van der Waals surface area contributed by atoms with Crippen molar-refractivity contribution in [3.63, 3.8) is 0 Å². The number of benzene rings is 2. The van der Waals surface area contributed by atoms with Gasteiger partial charge in [0.05, 0.1) is 27.4 Å². The van der Waals surface area contributed by atoms with Crippen LogP contribution in [0.5, 0.6) is 11.5 Å². The largest absolute Gasteiger partial charge is 0.454 e. The maximum atomic E-state index is 13.1. The molecule has 1 aliphatic rings. The van der Waals surface area contributed by atoms with E-state index >= 15 is 0 Å². The molecule has 8 heteroatoms. The third kappa shape index (κ3) is 3.47. The fraction of sp³-hybridized carbons (Fsp3) is 0.174. The van der Waals surface area contributed by atoms with Gasteiger partial charge in [-0.1, -0.05) is 29.8 Å². The van der Waals surface area contributed by atoms with Crippen LogP contribution in [-0.2, 0) is 6.54 Å². The highest BCUT2D eigenvalue weighted by atomic mass is 35.5. The number of para-hydroxylation sites is 1. The summed E-state index contributed by atoms with van der Waals surface area (Å²) in [5.74, 6) is 1.20. The number of rotatable bonds is 4. The Morgan fingerprint density at radius 3 is 2.77 bits per heavy atom. The number of ether oxygens (including phenoxy) is 2. The van der Waals surface area contributed by atoms with Gasteiger partial charge in [-0.2, -0.15) is 5.10 Å². The quantitative estimate of drug-likeness (QED) is 0.516. The first-order valence-corrected chi connectivity index (χ1v) is 10.2. The molecule has 156 valence electrons. The number of carbonyl (C=O) groups excluding carboxylic acids is 1. The Morgan fingerprint density at radius 2 is 1.94 bits per heavy atom. The number of aryl methyl sites for hydroxylation is 2. The molecule has 1 N–H and O–H groups in total. The SMILES string of the molecule is Cc1cc(C(=O)NCc2ccc3c(c2)OCO3)c2c(C)nn(-c3ccccc3Cl)c2n1. The number of hydrogen-bond acceptors (Lipinski definition) is 5. The lowest BCUT2D eigenvalue weighted by molar-refractivity contribution is 0.0952. The van der Waals surface area contributed by atoms with Gasteiger partial charge in [-0.25, -0.2) is 9.67 Å². The lowest BCUT2D eigenvalue weighted by atomic mass is 10.1. The van der Waals surface area contributed by atoms with E-state index in [0.29, 0.717) is 56.7 Å². The van der Waals surface area contributed by atoms with E-state index in [-0.39, 0.29) is 12.7 Å². The van der Waals surface area contributed by atoms with E-state index in [1.165, 1.54) is 0 Å². The summed E-state index contributed by atoms with van der Waals surface area (Å²) in [5.41, 5.74) is 4.18. The van der Waals surface area contributed by atoms with Gasteiger partial charge >= 0.3 is 0 Å². The second kappa shape index (κ2) is 7.59. The highest BCUT2D eigenvalue weighted by Crippen LogP contribution is 2.32. The predicted molar refractivity (Wildman–Crippen MR) is 117 cm³/mol. The van der Waals surface area contributed by atoms with Crippen molar-refractivity contribution in [3.8, 4) is 17.2 Å². The summed E-state index contributed by atoms with van der Waals surface area (Å²) in [7, 11) is 0. The number of halogens is 1. The van der Waals surface area contributed by atoms with Crippen molar-refractivity contribution in [2.24, 2.45) is 0 Å². The Kier molecular flexibility index (Phi) is 4.75. The number of hydrogen-bond donors (Lipinski definition) is 1. The number of aromatic nitrogens is 3. The number of pyridine rings is 1. The molecule has 0 fully saturated rings. The maximum Gasteiger partial charge on any atom is 0.252 e. The zero-order valence-corrected chi connectivity index (χ0v) is 17.7. The van der Waals surface area contributed by atoms with Crippen LogP contribution < -0.4 is 14.8 Å². The van der Waals surface area contributed by atoms with E-state index in [1.54, 1.807) is 16.8 Å². The van der Waals surface area contributed by atoms with Crippen molar-refractivity contribution in [1.82, 2.24) is 20.1 Å². The topological polar surface area (TPSA) is 78.3 Å². The van der Waals surface area contributed by atoms with Gasteiger partial charge in [-0.3, -0.25) is 4.79 Å². The summed E-state index contributed by atoms with van der Waals surface area (Å²) in [6.45, 7) is 4.29. The van der Waals surface area contributed by atoms with E-state index in [0.717, 1.165) is 5.56 Å². The van der Waals surface area contributed by atoms with Crippen LogP contribution in [0, 0.1) is 13.8 Å². The number of carbonyl (C=O) groups is 1. The second-order valence-corrected chi connectivity index (χ2v) is 7.74. The van der Waals surface area contributed by atoms with E-state index in [1.807, 2.05) is 50.2 Å². The summed E-state index contributed by atoms with van der Waals surface area (Å²) in [4.78, 5) is 17.8. The Bertz CT molecular complexity index is 1330. The van der Waals surface area contributed by atoms with Crippen LogP contribution in [0.1, 0.15) is 27.3 Å². The molecule has 2 aromatic heterocycles. The maximum absolute atomic E-state index is 13.1. The summed E-state index contributed by atoms with van der Waals surface area (Å²) in [6, 6.07) is 14.8. The van der Waals surface area contributed by atoms with E-state index in [2.05, 4.69) is 15.4 Å². The van der Waals surface area contributed by atoms with Crippen molar-refractivity contribution in [1.29, 1.82) is 0 Å². The zero-order valence-electron chi connectivity index (χ0n) is 17.0. The van der Waals surface area contributed by atoms with Crippen LogP contribution >= 0.6 is 11.6 Å². The standard InChI is InChI=1S/C23H19ClN4O3/c1-13-9-16(23(29)25-11-15-7-8-19-20(10-15)31-12-30-19)21-14(2)27-28(22(21)26-13)18-6-4-3-5-17(18)24/h3-10H,11-12H2,1-2H3,(H,25,29). The molecular weight excluding hydrogens is 416 g/mol. The number of nitrogens with zero attached hydrogens (tertiary/aromatic N) is 3. The second-order valence-electron chi connectivity index (χ2n) is 7.33. The molecule has 4 aromatic rings. The summed E-state index contributed by atoms with van der Waals surface area (Å²) in [5, 5.41) is 8.87. The van der Waals surface area contributed by atoms with Gasteiger partial charge in [0.25, 0.3) is 5.91 Å². The van der Waals surface area contributed by atoms with Crippen LogP contribution in [0.3, 0.4) is 0 Å². The van der Waals surface area contributed by atoms with E-state index in [9.17, 15) is 4.79 Å². The molecule has 0 bridgehead atoms. The van der Waals surface area contributed by atoms with Crippen molar-refractivity contribution >= 4 is 28.5 Å². The Balaban J connectivity index is 1.49. The molecule has 0 aliphatic carbocycles. The highest BCUT2D eigenvalue weighted by molar-refractivity contribution is 6.32. The van der Waals surface area contributed by atoms with Crippen molar-refractivity contribution < 1.29 is 14.3 Å². The first-order valence-electron chi connectivity index (χ1n) is 9.80. The predicted octanol–water partition coefficient (Wildman–Crippen LogP) is 4.35. The fourth-order valence-corrected chi connectivity index (χ4v) is 3.93. The number of amides is 1. The molecule has 0 unspecified atom stereocenters. The van der Waals surface area contributed by atoms with E-state index < -0.39 is 0 Å². The van der Waals surface area contributed by atoms with Gasteiger partial charge in [-0.05, 0) is 49.7 Å². The lowest BCUT2D eigenvalue weighted by Crippen LogP contribution is -2.23. The minimum atomic E-state index is -0.199. The smallest absolute Gasteiger partial charge is 0.252 e. The van der Waals surface area contributed by atoms with Gasteiger partial charge in [0.1, 0.15) is 0 Å².